The minimum absolute atomic E-state index is 0.103. The minimum atomic E-state index is 0.103. The van der Waals surface area contributed by atoms with Crippen LogP contribution in [0.5, 0.6) is 0 Å². The lowest BCUT2D eigenvalue weighted by molar-refractivity contribution is -0.122. The van der Waals surface area contributed by atoms with E-state index >= 15 is 0 Å². The second-order valence-electron chi connectivity index (χ2n) is 9.08. The van der Waals surface area contributed by atoms with Gasteiger partial charge in [0.05, 0.1) is 12.2 Å². The van der Waals surface area contributed by atoms with Gasteiger partial charge in [0.1, 0.15) is 5.82 Å². The molecule has 7 nitrogen and oxygen atoms in total. The van der Waals surface area contributed by atoms with Crippen LogP contribution in [0.15, 0.2) is 36.5 Å². The normalized spacial score (nSPS) is 17.0. The van der Waals surface area contributed by atoms with Gasteiger partial charge in [-0.3, -0.25) is 14.5 Å². The monoisotopic (exact) mass is 433 g/mol. The number of anilines is 1. The van der Waals surface area contributed by atoms with Crippen LogP contribution < -0.4 is 10.2 Å². The van der Waals surface area contributed by atoms with Gasteiger partial charge in [-0.15, -0.1) is 0 Å². The van der Waals surface area contributed by atoms with Crippen LogP contribution in [0.4, 0.5) is 5.82 Å². The van der Waals surface area contributed by atoms with Gasteiger partial charge in [-0.05, 0) is 25.3 Å². The molecular formula is C25H31N5O2. The Balaban J connectivity index is 1.29. The number of amides is 2. The van der Waals surface area contributed by atoms with Crippen molar-refractivity contribution in [1.29, 1.82) is 0 Å². The van der Waals surface area contributed by atoms with Gasteiger partial charge >= 0.3 is 0 Å². The summed E-state index contributed by atoms with van der Waals surface area (Å²) in [5, 5.41) is 9.14. The van der Waals surface area contributed by atoms with Gasteiger partial charge in [0.25, 0.3) is 0 Å². The molecule has 1 N–H and O–H groups in total. The van der Waals surface area contributed by atoms with E-state index in [1.165, 1.54) is 19.3 Å². The van der Waals surface area contributed by atoms with Crippen LogP contribution in [-0.4, -0.2) is 38.7 Å². The van der Waals surface area contributed by atoms with Crippen LogP contribution in [0.3, 0.4) is 0 Å². The minimum Gasteiger partial charge on any atom is -0.353 e. The highest BCUT2D eigenvalue weighted by molar-refractivity contribution is 5.98. The van der Waals surface area contributed by atoms with Crippen molar-refractivity contribution in [2.75, 3.05) is 11.4 Å². The number of fused-ring (bicyclic) bond motifs is 2. The average molecular weight is 434 g/mol. The first-order valence-electron chi connectivity index (χ1n) is 11.8. The molecule has 0 saturated heterocycles. The summed E-state index contributed by atoms with van der Waals surface area (Å²) in [6.07, 6.45) is 9.51. The van der Waals surface area contributed by atoms with E-state index in [0.717, 1.165) is 40.8 Å². The van der Waals surface area contributed by atoms with E-state index in [0.29, 0.717) is 38.4 Å². The fourth-order valence-electron chi connectivity index (χ4n) is 5.11. The third kappa shape index (κ3) is 4.04. The number of aromatic nitrogens is 3. The Labute approximate surface area is 188 Å². The summed E-state index contributed by atoms with van der Waals surface area (Å²) in [4.78, 5) is 26.9. The van der Waals surface area contributed by atoms with Crippen LogP contribution in [0.1, 0.15) is 51.4 Å². The molecule has 0 bridgehead atoms. The fourth-order valence-corrected chi connectivity index (χ4v) is 5.11. The lowest BCUT2D eigenvalue weighted by Crippen LogP contribution is -2.39. The van der Waals surface area contributed by atoms with Crippen molar-refractivity contribution < 1.29 is 9.59 Å². The lowest BCUT2D eigenvalue weighted by atomic mass is 9.95. The smallest absolute Gasteiger partial charge is 0.229 e. The Kier molecular flexibility index (Phi) is 5.72. The number of benzene rings is 1. The predicted octanol–water partition coefficient (Wildman–Crippen LogP) is 4.01. The Bertz CT molecular complexity index is 1140. The molecule has 5 rings (SSSR count). The highest BCUT2D eigenvalue weighted by atomic mass is 16.2. The highest BCUT2D eigenvalue weighted by Crippen LogP contribution is 2.33. The highest BCUT2D eigenvalue weighted by Gasteiger charge is 2.27. The summed E-state index contributed by atoms with van der Waals surface area (Å²) < 4.78 is 4.04. The molecule has 0 unspecified atom stereocenters. The summed E-state index contributed by atoms with van der Waals surface area (Å²) in [7, 11) is 2.04. The Morgan fingerprint density at radius 3 is 2.84 bits per heavy atom. The fraction of sp³-hybridized carbons (Fsp3) is 0.480. The third-order valence-corrected chi connectivity index (χ3v) is 6.80. The molecule has 0 atom stereocenters. The molecule has 0 radical (unpaired) electrons. The molecule has 2 aliphatic rings. The number of nitrogens with one attached hydrogen (secondary N) is 1. The standard InChI is InChI=1S/C25H31N5O2/c1-28-17-20(19-10-5-6-11-22(19)28)21-16-24-29(25(32)13-15-30(24)27-21)14-7-12-23(31)26-18-8-3-2-4-9-18/h5-6,10-11,16-18H,2-4,7-9,12-15H2,1H3,(H,26,31). The van der Waals surface area contributed by atoms with E-state index in [-0.39, 0.29) is 11.8 Å². The summed E-state index contributed by atoms with van der Waals surface area (Å²) in [6, 6.07) is 10.6. The topological polar surface area (TPSA) is 72.2 Å². The van der Waals surface area contributed by atoms with Gasteiger partial charge < -0.3 is 9.88 Å². The number of para-hydroxylation sites is 1. The van der Waals surface area contributed by atoms with Crippen molar-refractivity contribution in [1.82, 2.24) is 19.7 Å². The first kappa shape index (κ1) is 20.8. The lowest BCUT2D eigenvalue weighted by Gasteiger charge is -2.27. The van der Waals surface area contributed by atoms with Crippen molar-refractivity contribution >= 4 is 28.5 Å². The molecule has 1 aliphatic carbocycles. The molecule has 168 valence electrons. The van der Waals surface area contributed by atoms with E-state index in [1.807, 2.05) is 29.9 Å². The molecule has 3 heterocycles. The molecule has 1 aliphatic heterocycles. The van der Waals surface area contributed by atoms with E-state index in [4.69, 9.17) is 5.10 Å². The SMILES string of the molecule is Cn1cc(-c2cc3n(n2)CCC(=O)N3CCCC(=O)NC2CCCCC2)c2ccccc21. The van der Waals surface area contributed by atoms with E-state index < -0.39 is 0 Å². The quantitative estimate of drug-likeness (QED) is 0.638. The largest absolute Gasteiger partial charge is 0.353 e. The molecule has 1 fully saturated rings. The molecule has 0 spiro atoms. The summed E-state index contributed by atoms with van der Waals surface area (Å²) in [5.74, 6) is 1.04. The number of hydrogen-bond donors (Lipinski definition) is 1. The van der Waals surface area contributed by atoms with Gasteiger partial charge in [0, 0.05) is 61.2 Å². The van der Waals surface area contributed by atoms with Crippen molar-refractivity contribution in [3.63, 3.8) is 0 Å². The van der Waals surface area contributed by atoms with Crippen molar-refractivity contribution in [2.24, 2.45) is 7.05 Å². The molecule has 1 saturated carbocycles. The Hall–Kier alpha value is -3.09. The van der Waals surface area contributed by atoms with Gasteiger partial charge in [-0.1, -0.05) is 37.5 Å². The number of hydrogen-bond acceptors (Lipinski definition) is 3. The zero-order chi connectivity index (χ0) is 22.1. The number of carbonyl (C=O) groups is 2. The molecule has 32 heavy (non-hydrogen) atoms. The van der Waals surface area contributed by atoms with Crippen LogP contribution in [0.2, 0.25) is 0 Å². The summed E-state index contributed by atoms with van der Waals surface area (Å²) in [6.45, 7) is 1.13. The van der Waals surface area contributed by atoms with Gasteiger partial charge in [0.15, 0.2) is 0 Å². The van der Waals surface area contributed by atoms with Gasteiger partial charge in [-0.2, -0.15) is 5.10 Å². The predicted molar refractivity (Wildman–Crippen MR) is 125 cm³/mol. The zero-order valence-corrected chi connectivity index (χ0v) is 18.7. The number of nitrogens with zero attached hydrogens (tertiary/aromatic N) is 4. The van der Waals surface area contributed by atoms with Crippen LogP contribution in [0.25, 0.3) is 22.2 Å². The second-order valence-corrected chi connectivity index (χ2v) is 9.08. The molecule has 7 heteroatoms. The molecule has 2 amide bonds. The maximum absolute atomic E-state index is 12.7. The van der Waals surface area contributed by atoms with Crippen molar-refractivity contribution in [2.45, 2.75) is 64.0 Å². The maximum atomic E-state index is 12.7. The van der Waals surface area contributed by atoms with E-state index in [2.05, 4.69) is 28.2 Å². The van der Waals surface area contributed by atoms with E-state index in [9.17, 15) is 9.59 Å². The molecule has 2 aromatic heterocycles. The van der Waals surface area contributed by atoms with Crippen LogP contribution in [-0.2, 0) is 23.2 Å². The van der Waals surface area contributed by atoms with Crippen molar-refractivity contribution in [3.05, 3.63) is 36.5 Å². The van der Waals surface area contributed by atoms with Gasteiger partial charge in [0.2, 0.25) is 11.8 Å². The van der Waals surface area contributed by atoms with Crippen molar-refractivity contribution in [3.8, 4) is 11.3 Å². The number of aryl methyl sites for hydroxylation is 2. The number of rotatable bonds is 6. The zero-order valence-electron chi connectivity index (χ0n) is 18.7. The maximum Gasteiger partial charge on any atom is 0.229 e. The third-order valence-electron chi connectivity index (χ3n) is 6.80. The molecular weight excluding hydrogens is 402 g/mol. The summed E-state index contributed by atoms with van der Waals surface area (Å²) in [5.41, 5.74) is 3.11. The Morgan fingerprint density at radius 2 is 2.00 bits per heavy atom. The number of carbonyl (C=O) groups excluding carboxylic acids is 2. The van der Waals surface area contributed by atoms with Gasteiger partial charge in [-0.25, -0.2) is 4.68 Å². The van der Waals surface area contributed by atoms with Crippen LogP contribution >= 0.6 is 0 Å². The second kappa shape index (κ2) is 8.81. The first-order valence-corrected chi connectivity index (χ1v) is 11.8. The van der Waals surface area contributed by atoms with E-state index in [1.54, 1.807) is 4.90 Å². The average Bonchev–Trinajstić information content (AvgIpc) is 3.37. The molecule has 1 aromatic carbocycles. The summed E-state index contributed by atoms with van der Waals surface area (Å²) >= 11 is 0. The Morgan fingerprint density at radius 1 is 1.19 bits per heavy atom. The molecule has 3 aromatic rings. The first-order chi connectivity index (χ1) is 15.6. The van der Waals surface area contributed by atoms with Crippen LogP contribution in [0, 0.1) is 0 Å².